The molecule has 4 aromatic rings. The summed E-state index contributed by atoms with van der Waals surface area (Å²) in [6, 6.07) is 31.8. The molecule has 1 saturated heterocycles. The summed E-state index contributed by atoms with van der Waals surface area (Å²) in [7, 11) is 0. The maximum absolute atomic E-state index is 2.65. The highest BCUT2D eigenvalue weighted by Gasteiger charge is 2.29. The Hall–Kier alpha value is -3.32. The van der Waals surface area contributed by atoms with E-state index in [0.717, 1.165) is 25.9 Å². The Bertz CT molecular complexity index is 1240. The van der Waals surface area contributed by atoms with Crippen LogP contribution in [0.15, 0.2) is 84.9 Å². The summed E-state index contributed by atoms with van der Waals surface area (Å²) in [5.74, 6) is 0.671. The number of rotatable bonds is 2. The molecule has 2 aliphatic carbocycles. The minimum absolute atomic E-state index is 0.671. The summed E-state index contributed by atoms with van der Waals surface area (Å²) in [4.78, 5) is 2.65. The van der Waals surface area contributed by atoms with Crippen LogP contribution in [0.2, 0.25) is 0 Å². The van der Waals surface area contributed by atoms with Crippen molar-refractivity contribution in [3.05, 3.63) is 113 Å². The molecule has 0 N–H and O–H groups in total. The number of fused-ring (bicyclic) bond motifs is 6. The average molecular weight is 414 g/mol. The molecule has 0 unspecified atom stereocenters. The van der Waals surface area contributed by atoms with Gasteiger partial charge < -0.3 is 4.90 Å². The van der Waals surface area contributed by atoms with Crippen LogP contribution in [0.25, 0.3) is 22.3 Å². The van der Waals surface area contributed by atoms with Crippen molar-refractivity contribution in [1.82, 2.24) is 0 Å². The fourth-order valence-corrected chi connectivity index (χ4v) is 6.43. The number of hydrogen-bond acceptors (Lipinski definition) is 1. The van der Waals surface area contributed by atoms with E-state index in [2.05, 4.69) is 89.8 Å². The molecule has 0 amide bonds. The van der Waals surface area contributed by atoms with Crippen molar-refractivity contribution < 1.29 is 0 Å². The second kappa shape index (κ2) is 7.10. The summed E-state index contributed by atoms with van der Waals surface area (Å²) in [6.07, 6.45) is 4.66. The molecular weight excluding hydrogens is 386 g/mol. The van der Waals surface area contributed by atoms with Gasteiger partial charge in [0.25, 0.3) is 0 Å². The van der Waals surface area contributed by atoms with Gasteiger partial charge in [0.05, 0.1) is 0 Å². The quantitative estimate of drug-likeness (QED) is 0.290. The second-order valence-electron chi connectivity index (χ2n) is 9.61. The summed E-state index contributed by atoms with van der Waals surface area (Å²) in [5.41, 5.74) is 14.9. The van der Waals surface area contributed by atoms with Crippen molar-refractivity contribution >= 4 is 5.69 Å². The van der Waals surface area contributed by atoms with Crippen LogP contribution < -0.4 is 4.90 Å². The van der Waals surface area contributed by atoms with Gasteiger partial charge in [0.1, 0.15) is 0 Å². The maximum Gasteiger partial charge on any atom is 0.0408 e. The first kappa shape index (κ1) is 18.3. The molecule has 0 aromatic heterocycles. The summed E-state index contributed by atoms with van der Waals surface area (Å²) in [6.45, 7) is 2.29. The Morgan fingerprint density at radius 3 is 1.81 bits per heavy atom. The van der Waals surface area contributed by atoms with Crippen LogP contribution >= 0.6 is 0 Å². The van der Waals surface area contributed by atoms with Crippen molar-refractivity contribution in [1.29, 1.82) is 0 Å². The smallest absolute Gasteiger partial charge is 0.0408 e. The minimum atomic E-state index is 0.671. The molecule has 0 spiro atoms. The molecule has 7 rings (SSSR count). The van der Waals surface area contributed by atoms with E-state index in [9.17, 15) is 0 Å². The lowest BCUT2D eigenvalue weighted by Crippen LogP contribution is -2.33. The van der Waals surface area contributed by atoms with Crippen molar-refractivity contribution in [2.75, 3.05) is 18.0 Å². The van der Waals surface area contributed by atoms with E-state index in [4.69, 9.17) is 0 Å². The van der Waals surface area contributed by atoms with Gasteiger partial charge in [-0.3, -0.25) is 0 Å². The lowest BCUT2D eigenvalue weighted by atomic mass is 9.84. The number of hydrogen-bond donors (Lipinski definition) is 0. The SMILES string of the molecule is c1ccc2c(c1)Cc1c-2cccc1C1CCN(c2cccc3c2Cc2ccccc2-3)CC1. The summed E-state index contributed by atoms with van der Waals surface area (Å²) < 4.78 is 0. The Balaban J connectivity index is 1.15. The van der Waals surface area contributed by atoms with Crippen LogP contribution in [0, 0.1) is 0 Å². The van der Waals surface area contributed by atoms with Crippen molar-refractivity contribution in [3.63, 3.8) is 0 Å². The molecule has 1 heteroatoms. The molecule has 1 nitrogen and oxygen atoms in total. The predicted octanol–water partition coefficient (Wildman–Crippen LogP) is 7.21. The van der Waals surface area contributed by atoms with E-state index in [0.29, 0.717) is 5.92 Å². The van der Waals surface area contributed by atoms with Gasteiger partial charge in [-0.2, -0.15) is 0 Å². The molecule has 0 radical (unpaired) electrons. The van der Waals surface area contributed by atoms with Crippen LogP contribution in [-0.2, 0) is 12.8 Å². The van der Waals surface area contributed by atoms with E-state index in [1.54, 1.807) is 11.1 Å². The van der Waals surface area contributed by atoms with Crippen LogP contribution in [0.3, 0.4) is 0 Å². The number of anilines is 1. The number of benzene rings is 4. The van der Waals surface area contributed by atoms with Gasteiger partial charge in [-0.15, -0.1) is 0 Å². The number of piperidine rings is 1. The van der Waals surface area contributed by atoms with Gasteiger partial charge in [-0.05, 0) is 81.3 Å². The lowest BCUT2D eigenvalue weighted by molar-refractivity contribution is 0.503. The first-order valence-electron chi connectivity index (χ1n) is 12.0. The van der Waals surface area contributed by atoms with Gasteiger partial charge in [-0.25, -0.2) is 0 Å². The molecule has 0 bridgehead atoms. The fraction of sp³-hybridized carbons (Fsp3) is 0.226. The molecule has 156 valence electrons. The molecule has 0 atom stereocenters. The Morgan fingerprint density at radius 1 is 0.531 bits per heavy atom. The second-order valence-corrected chi connectivity index (χ2v) is 9.61. The van der Waals surface area contributed by atoms with Crippen LogP contribution in [0.5, 0.6) is 0 Å². The average Bonchev–Trinajstić information content (AvgIpc) is 3.42. The summed E-state index contributed by atoms with van der Waals surface area (Å²) >= 11 is 0. The molecule has 1 fully saturated rings. The largest absolute Gasteiger partial charge is 0.371 e. The molecule has 32 heavy (non-hydrogen) atoms. The Labute approximate surface area is 190 Å². The van der Waals surface area contributed by atoms with Gasteiger partial charge in [0, 0.05) is 25.2 Å². The van der Waals surface area contributed by atoms with Gasteiger partial charge in [-0.1, -0.05) is 78.9 Å². The van der Waals surface area contributed by atoms with E-state index in [-0.39, 0.29) is 0 Å². The summed E-state index contributed by atoms with van der Waals surface area (Å²) in [5, 5.41) is 0. The van der Waals surface area contributed by atoms with E-state index in [1.807, 2.05) is 0 Å². The monoisotopic (exact) mass is 413 g/mol. The molecule has 0 saturated carbocycles. The van der Waals surface area contributed by atoms with Gasteiger partial charge in [0.2, 0.25) is 0 Å². The molecule has 1 heterocycles. The Kier molecular flexibility index (Phi) is 4.05. The normalized spacial score (nSPS) is 16.4. The zero-order chi connectivity index (χ0) is 21.1. The molecule has 4 aromatic carbocycles. The van der Waals surface area contributed by atoms with Gasteiger partial charge in [0.15, 0.2) is 0 Å². The van der Waals surface area contributed by atoms with Crippen molar-refractivity contribution in [3.8, 4) is 22.3 Å². The zero-order valence-corrected chi connectivity index (χ0v) is 18.4. The fourth-order valence-electron chi connectivity index (χ4n) is 6.43. The third kappa shape index (κ3) is 2.70. The van der Waals surface area contributed by atoms with Crippen molar-refractivity contribution in [2.24, 2.45) is 0 Å². The number of nitrogens with zero attached hydrogens (tertiary/aromatic N) is 1. The Morgan fingerprint density at radius 2 is 1.09 bits per heavy atom. The predicted molar refractivity (Wildman–Crippen MR) is 134 cm³/mol. The van der Waals surface area contributed by atoms with E-state index in [1.165, 1.54) is 57.5 Å². The maximum atomic E-state index is 2.65. The van der Waals surface area contributed by atoms with Crippen molar-refractivity contribution in [2.45, 2.75) is 31.6 Å². The highest BCUT2D eigenvalue weighted by Crippen LogP contribution is 2.45. The van der Waals surface area contributed by atoms with Crippen LogP contribution in [-0.4, -0.2) is 13.1 Å². The third-order valence-corrected chi connectivity index (χ3v) is 7.99. The first-order chi connectivity index (χ1) is 15.9. The standard InChI is InChI=1S/C31H27N/c1-3-9-25-22(7-1)19-29-24(11-5-12-27(25)29)21-15-17-32(18-16-21)31-14-6-13-28-26-10-4-2-8-23(26)20-30(28)31/h1-14,21H,15-20H2. The molecular formula is C31H27N. The lowest BCUT2D eigenvalue weighted by Gasteiger charge is -2.35. The molecule has 1 aliphatic heterocycles. The van der Waals surface area contributed by atoms with Gasteiger partial charge >= 0.3 is 0 Å². The van der Waals surface area contributed by atoms with E-state index < -0.39 is 0 Å². The zero-order valence-electron chi connectivity index (χ0n) is 18.4. The van der Waals surface area contributed by atoms with Crippen LogP contribution in [0.4, 0.5) is 5.69 Å². The topological polar surface area (TPSA) is 3.24 Å². The highest BCUT2D eigenvalue weighted by molar-refractivity contribution is 5.82. The third-order valence-electron chi connectivity index (χ3n) is 7.99. The minimum Gasteiger partial charge on any atom is -0.371 e. The highest BCUT2D eigenvalue weighted by atomic mass is 15.1. The van der Waals surface area contributed by atoms with Crippen LogP contribution in [0.1, 0.15) is 46.6 Å². The first-order valence-corrected chi connectivity index (χ1v) is 12.0. The molecule has 3 aliphatic rings. The van der Waals surface area contributed by atoms with E-state index >= 15 is 0 Å².